The quantitative estimate of drug-likeness (QED) is 0.509. The minimum atomic E-state index is 0.230. The fourth-order valence-corrected chi connectivity index (χ4v) is 1.76. The van der Waals surface area contributed by atoms with E-state index in [4.69, 9.17) is 0 Å². The maximum atomic E-state index is 11.3. The summed E-state index contributed by atoms with van der Waals surface area (Å²) in [6.07, 6.45) is 5.37. The third kappa shape index (κ3) is 4.88. The molecule has 0 atom stereocenters. The van der Waals surface area contributed by atoms with Gasteiger partial charge < -0.3 is 4.90 Å². The molecule has 1 amide bonds. The SMILES string of the molecule is C=CCN(CC#CCN1CCCC1=O)CC=C. The van der Waals surface area contributed by atoms with Crippen molar-refractivity contribution in [2.75, 3.05) is 32.7 Å². The van der Waals surface area contributed by atoms with Crippen molar-refractivity contribution in [2.24, 2.45) is 0 Å². The van der Waals surface area contributed by atoms with Crippen LogP contribution in [0.1, 0.15) is 12.8 Å². The van der Waals surface area contributed by atoms with Gasteiger partial charge in [0, 0.05) is 26.1 Å². The summed E-state index contributed by atoms with van der Waals surface area (Å²) >= 11 is 0. The van der Waals surface area contributed by atoms with Crippen LogP contribution < -0.4 is 0 Å². The Morgan fingerprint density at radius 3 is 2.53 bits per heavy atom. The van der Waals surface area contributed by atoms with Gasteiger partial charge in [0.2, 0.25) is 5.91 Å². The van der Waals surface area contributed by atoms with E-state index in [0.29, 0.717) is 19.5 Å². The number of carbonyl (C=O) groups is 1. The van der Waals surface area contributed by atoms with Crippen molar-refractivity contribution in [1.82, 2.24) is 9.80 Å². The highest BCUT2D eigenvalue weighted by atomic mass is 16.2. The predicted molar refractivity (Wildman–Crippen MR) is 70.4 cm³/mol. The molecule has 0 unspecified atom stereocenters. The van der Waals surface area contributed by atoms with E-state index in [-0.39, 0.29) is 5.91 Å². The molecule has 17 heavy (non-hydrogen) atoms. The first-order valence-corrected chi connectivity index (χ1v) is 5.95. The fourth-order valence-electron chi connectivity index (χ4n) is 1.76. The second-order valence-corrected chi connectivity index (χ2v) is 4.04. The van der Waals surface area contributed by atoms with Gasteiger partial charge in [-0.2, -0.15) is 0 Å². The standard InChI is InChI=1S/C14H20N2O/c1-3-9-15(10-4-2)11-5-6-12-16-13-7-8-14(16)17/h3-4H,1-2,7-13H2. The third-order valence-electron chi connectivity index (χ3n) is 2.64. The zero-order valence-electron chi connectivity index (χ0n) is 10.3. The lowest BCUT2D eigenvalue weighted by molar-refractivity contribution is -0.127. The van der Waals surface area contributed by atoms with Crippen LogP contribution in [0.3, 0.4) is 0 Å². The van der Waals surface area contributed by atoms with Gasteiger partial charge in [-0.1, -0.05) is 24.0 Å². The van der Waals surface area contributed by atoms with Crippen LogP contribution in [-0.2, 0) is 4.79 Å². The Bertz CT molecular complexity index is 328. The van der Waals surface area contributed by atoms with E-state index < -0.39 is 0 Å². The largest absolute Gasteiger partial charge is 0.332 e. The van der Waals surface area contributed by atoms with E-state index in [0.717, 1.165) is 26.1 Å². The second-order valence-electron chi connectivity index (χ2n) is 4.04. The van der Waals surface area contributed by atoms with E-state index in [2.05, 4.69) is 29.9 Å². The Kier molecular flexibility index (Phi) is 6.13. The molecular formula is C14H20N2O. The molecule has 92 valence electrons. The van der Waals surface area contributed by atoms with Gasteiger partial charge in [-0.25, -0.2) is 0 Å². The van der Waals surface area contributed by atoms with Gasteiger partial charge >= 0.3 is 0 Å². The highest BCUT2D eigenvalue weighted by Crippen LogP contribution is 2.07. The first kappa shape index (κ1) is 13.5. The lowest BCUT2D eigenvalue weighted by Gasteiger charge is -2.14. The van der Waals surface area contributed by atoms with E-state index >= 15 is 0 Å². The van der Waals surface area contributed by atoms with Crippen LogP contribution in [0.4, 0.5) is 0 Å². The van der Waals surface area contributed by atoms with Crippen LogP contribution in [0.25, 0.3) is 0 Å². The normalized spacial score (nSPS) is 14.6. The number of hydrogen-bond donors (Lipinski definition) is 0. The summed E-state index contributed by atoms with van der Waals surface area (Å²) in [6, 6.07) is 0. The van der Waals surface area contributed by atoms with Crippen LogP contribution >= 0.6 is 0 Å². The van der Waals surface area contributed by atoms with Gasteiger partial charge in [0.25, 0.3) is 0 Å². The predicted octanol–water partition coefficient (Wildman–Crippen LogP) is 1.29. The molecule has 0 aliphatic carbocycles. The molecule has 1 aliphatic rings. The van der Waals surface area contributed by atoms with Crippen LogP contribution in [0.5, 0.6) is 0 Å². The number of likely N-dealkylation sites (tertiary alicyclic amines) is 1. The number of carbonyl (C=O) groups excluding carboxylic acids is 1. The number of amides is 1. The van der Waals surface area contributed by atoms with Crippen LogP contribution in [0, 0.1) is 11.8 Å². The lowest BCUT2D eigenvalue weighted by Crippen LogP contribution is -2.26. The van der Waals surface area contributed by atoms with E-state index in [1.807, 2.05) is 17.1 Å². The smallest absolute Gasteiger partial charge is 0.223 e. The number of hydrogen-bond acceptors (Lipinski definition) is 2. The first-order valence-electron chi connectivity index (χ1n) is 5.95. The molecule has 1 aliphatic heterocycles. The Morgan fingerprint density at radius 2 is 2.00 bits per heavy atom. The van der Waals surface area contributed by atoms with E-state index in [9.17, 15) is 4.79 Å². The zero-order chi connectivity index (χ0) is 12.5. The summed E-state index contributed by atoms with van der Waals surface area (Å²) in [5.74, 6) is 6.37. The van der Waals surface area contributed by atoms with Gasteiger partial charge in [-0.3, -0.25) is 9.69 Å². The average molecular weight is 232 g/mol. The molecule has 3 nitrogen and oxygen atoms in total. The van der Waals surface area contributed by atoms with Crippen molar-refractivity contribution in [2.45, 2.75) is 12.8 Å². The van der Waals surface area contributed by atoms with Crippen molar-refractivity contribution in [3.8, 4) is 11.8 Å². The summed E-state index contributed by atoms with van der Waals surface area (Å²) in [7, 11) is 0. The molecule has 1 saturated heterocycles. The zero-order valence-corrected chi connectivity index (χ0v) is 10.3. The minimum Gasteiger partial charge on any atom is -0.332 e. The van der Waals surface area contributed by atoms with Crippen molar-refractivity contribution < 1.29 is 4.79 Å². The van der Waals surface area contributed by atoms with Crippen molar-refractivity contribution >= 4 is 5.91 Å². The van der Waals surface area contributed by atoms with Crippen molar-refractivity contribution in [1.29, 1.82) is 0 Å². The summed E-state index contributed by atoms with van der Waals surface area (Å²) in [5, 5.41) is 0. The van der Waals surface area contributed by atoms with E-state index in [1.54, 1.807) is 0 Å². The van der Waals surface area contributed by atoms with E-state index in [1.165, 1.54) is 0 Å². The maximum Gasteiger partial charge on any atom is 0.223 e. The van der Waals surface area contributed by atoms with Gasteiger partial charge in [0.1, 0.15) is 0 Å². The molecule has 0 N–H and O–H groups in total. The highest BCUT2D eigenvalue weighted by Gasteiger charge is 2.18. The van der Waals surface area contributed by atoms with Crippen LogP contribution in [-0.4, -0.2) is 48.4 Å². The first-order chi connectivity index (χ1) is 8.27. The summed E-state index contributed by atoms with van der Waals surface area (Å²) in [4.78, 5) is 15.3. The molecule has 1 fully saturated rings. The second kappa shape index (κ2) is 7.70. The Balaban J connectivity index is 2.30. The summed E-state index contributed by atoms with van der Waals surface area (Å²) < 4.78 is 0. The Labute approximate surface area is 104 Å². The van der Waals surface area contributed by atoms with Gasteiger partial charge in [-0.15, -0.1) is 13.2 Å². The molecule has 1 heterocycles. The number of nitrogens with zero attached hydrogens (tertiary/aromatic N) is 2. The molecule has 0 spiro atoms. The molecular weight excluding hydrogens is 212 g/mol. The minimum absolute atomic E-state index is 0.230. The molecule has 0 bridgehead atoms. The maximum absolute atomic E-state index is 11.3. The van der Waals surface area contributed by atoms with Gasteiger partial charge in [0.05, 0.1) is 13.1 Å². The lowest BCUT2D eigenvalue weighted by atomic mass is 10.4. The Hall–Kier alpha value is -1.53. The molecule has 0 aromatic carbocycles. The van der Waals surface area contributed by atoms with Crippen molar-refractivity contribution in [3.05, 3.63) is 25.3 Å². The van der Waals surface area contributed by atoms with Gasteiger partial charge in [-0.05, 0) is 6.42 Å². The van der Waals surface area contributed by atoms with Crippen LogP contribution in [0.2, 0.25) is 0 Å². The number of rotatable bonds is 6. The molecule has 0 aromatic heterocycles. The molecule has 3 heteroatoms. The molecule has 0 aromatic rings. The van der Waals surface area contributed by atoms with Gasteiger partial charge in [0.15, 0.2) is 0 Å². The third-order valence-corrected chi connectivity index (χ3v) is 2.64. The topological polar surface area (TPSA) is 23.6 Å². The Morgan fingerprint density at radius 1 is 1.29 bits per heavy atom. The summed E-state index contributed by atoms with van der Waals surface area (Å²) in [6.45, 7) is 11.1. The average Bonchev–Trinajstić information content (AvgIpc) is 2.71. The highest BCUT2D eigenvalue weighted by molar-refractivity contribution is 5.78. The summed E-state index contributed by atoms with van der Waals surface area (Å²) in [5.41, 5.74) is 0. The monoisotopic (exact) mass is 232 g/mol. The van der Waals surface area contributed by atoms with Crippen LogP contribution in [0.15, 0.2) is 25.3 Å². The molecule has 0 radical (unpaired) electrons. The molecule has 0 saturated carbocycles. The van der Waals surface area contributed by atoms with Crippen molar-refractivity contribution in [3.63, 3.8) is 0 Å². The fraction of sp³-hybridized carbons (Fsp3) is 0.500. The molecule has 1 rings (SSSR count).